The summed E-state index contributed by atoms with van der Waals surface area (Å²) in [5, 5.41) is 2.95. The van der Waals surface area contributed by atoms with E-state index >= 15 is 0 Å². The van der Waals surface area contributed by atoms with Gasteiger partial charge in [0.15, 0.2) is 11.5 Å². The molecule has 1 aliphatic rings. The molecule has 0 saturated heterocycles. The molecular weight excluding hydrogens is 360 g/mol. The van der Waals surface area contributed by atoms with E-state index < -0.39 is 0 Å². The Balaban J connectivity index is 2.08. The van der Waals surface area contributed by atoms with E-state index in [2.05, 4.69) is 21.2 Å². The quantitative estimate of drug-likeness (QED) is 0.751. The first-order valence-corrected chi connectivity index (χ1v) is 8.99. The Morgan fingerprint density at radius 3 is 2.48 bits per heavy atom. The van der Waals surface area contributed by atoms with Crippen molar-refractivity contribution in [2.45, 2.75) is 45.6 Å². The molecule has 0 heterocycles. The van der Waals surface area contributed by atoms with E-state index in [0.717, 1.165) is 23.7 Å². The summed E-state index contributed by atoms with van der Waals surface area (Å²) in [6.07, 6.45) is 3.62. The molecule has 1 aromatic rings. The SMILES string of the molecule is CCOc1cc(Br)c(NC(=O)C[C@@H]2CCC[C@H]2N)cc1OCC. The fourth-order valence-electron chi connectivity index (χ4n) is 2.93. The lowest BCUT2D eigenvalue weighted by Gasteiger charge is -2.17. The Hall–Kier alpha value is -1.27. The van der Waals surface area contributed by atoms with Gasteiger partial charge in [-0.1, -0.05) is 6.42 Å². The van der Waals surface area contributed by atoms with Gasteiger partial charge in [-0.05, 0) is 48.5 Å². The summed E-state index contributed by atoms with van der Waals surface area (Å²) < 4.78 is 11.9. The number of hydrogen-bond acceptors (Lipinski definition) is 4. The average molecular weight is 385 g/mol. The molecule has 0 radical (unpaired) electrons. The lowest BCUT2D eigenvalue weighted by Crippen LogP contribution is -2.28. The summed E-state index contributed by atoms with van der Waals surface area (Å²) in [6.45, 7) is 4.92. The number of carbonyl (C=O) groups is 1. The largest absolute Gasteiger partial charge is 0.490 e. The molecule has 1 aromatic carbocycles. The van der Waals surface area contributed by atoms with Crippen molar-refractivity contribution in [1.29, 1.82) is 0 Å². The van der Waals surface area contributed by atoms with Crippen LogP contribution in [0.3, 0.4) is 0 Å². The van der Waals surface area contributed by atoms with Gasteiger partial charge in [-0.2, -0.15) is 0 Å². The highest BCUT2D eigenvalue weighted by Crippen LogP contribution is 2.37. The van der Waals surface area contributed by atoms with Crippen LogP contribution >= 0.6 is 15.9 Å². The van der Waals surface area contributed by atoms with Gasteiger partial charge in [-0.3, -0.25) is 4.79 Å². The van der Waals surface area contributed by atoms with Gasteiger partial charge >= 0.3 is 0 Å². The van der Waals surface area contributed by atoms with Crippen LogP contribution in [0.2, 0.25) is 0 Å². The summed E-state index contributed by atoms with van der Waals surface area (Å²) in [7, 11) is 0. The molecule has 5 nitrogen and oxygen atoms in total. The molecule has 0 aromatic heterocycles. The summed E-state index contributed by atoms with van der Waals surface area (Å²) >= 11 is 3.48. The molecule has 1 amide bonds. The number of amides is 1. The maximum Gasteiger partial charge on any atom is 0.224 e. The van der Waals surface area contributed by atoms with Gasteiger partial charge in [0.2, 0.25) is 5.91 Å². The average Bonchev–Trinajstić information content (AvgIpc) is 2.89. The molecule has 128 valence electrons. The standard InChI is InChI=1S/C17H25BrN2O3/c1-3-22-15-9-12(18)14(10-16(15)23-4-2)20-17(21)8-11-6-5-7-13(11)19/h9-11,13H,3-8,19H2,1-2H3,(H,20,21)/t11-,13+/m0/s1. The third kappa shape index (κ3) is 4.85. The van der Waals surface area contributed by atoms with Gasteiger partial charge in [-0.15, -0.1) is 0 Å². The van der Waals surface area contributed by atoms with Crippen LogP contribution in [0, 0.1) is 5.92 Å². The van der Waals surface area contributed by atoms with E-state index in [4.69, 9.17) is 15.2 Å². The second-order valence-electron chi connectivity index (χ2n) is 5.75. The highest BCUT2D eigenvalue weighted by molar-refractivity contribution is 9.10. The fourth-order valence-corrected chi connectivity index (χ4v) is 3.35. The van der Waals surface area contributed by atoms with Crippen molar-refractivity contribution < 1.29 is 14.3 Å². The first kappa shape index (κ1) is 18.1. The van der Waals surface area contributed by atoms with E-state index in [0.29, 0.717) is 36.8 Å². The summed E-state index contributed by atoms with van der Waals surface area (Å²) in [6, 6.07) is 3.76. The molecule has 2 rings (SSSR count). The zero-order valence-electron chi connectivity index (χ0n) is 13.7. The maximum atomic E-state index is 12.3. The summed E-state index contributed by atoms with van der Waals surface area (Å²) in [5.41, 5.74) is 6.73. The number of rotatable bonds is 7. The highest BCUT2D eigenvalue weighted by Gasteiger charge is 2.26. The number of hydrogen-bond donors (Lipinski definition) is 2. The molecule has 0 bridgehead atoms. The van der Waals surface area contributed by atoms with Crippen LogP contribution in [0.15, 0.2) is 16.6 Å². The van der Waals surface area contributed by atoms with Crippen molar-refractivity contribution in [1.82, 2.24) is 0 Å². The maximum absolute atomic E-state index is 12.3. The van der Waals surface area contributed by atoms with Crippen molar-refractivity contribution in [2.75, 3.05) is 18.5 Å². The van der Waals surface area contributed by atoms with Crippen molar-refractivity contribution >= 4 is 27.5 Å². The van der Waals surface area contributed by atoms with Crippen molar-refractivity contribution in [3.05, 3.63) is 16.6 Å². The Morgan fingerprint density at radius 1 is 1.26 bits per heavy atom. The van der Waals surface area contributed by atoms with Crippen molar-refractivity contribution in [3.63, 3.8) is 0 Å². The molecular formula is C17H25BrN2O3. The predicted octanol–water partition coefficient (Wildman–Crippen LogP) is 3.70. The highest BCUT2D eigenvalue weighted by atomic mass is 79.9. The van der Waals surface area contributed by atoms with E-state index in [1.807, 2.05) is 19.9 Å². The normalized spacial score (nSPS) is 20.3. The van der Waals surface area contributed by atoms with Gasteiger partial charge in [0, 0.05) is 29.1 Å². The zero-order chi connectivity index (χ0) is 16.8. The van der Waals surface area contributed by atoms with Crippen molar-refractivity contribution in [3.8, 4) is 11.5 Å². The molecule has 6 heteroatoms. The van der Waals surface area contributed by atoms with Crippen molar-refractivity contribution in [2.24, 2.45) is 11.7 Å². The second-order valence-corrected chi connectivity index (χ2v) is 6.61. The monoisotopic (exact) mass is 384 g/mol. The number of halogens is 1. The predicted molar refractivity (Wildman–Crippen MR) is 95.0 cm³/mol. The van der Waals surface area contributed by atoms with E-state index in [9.17, 15) is 4.79 Å². The number of anilines is 1. The van der Waals surface area contributed by atoms with E-state index in [1.165, 1.54) is 0 Å². The molecule has 1 saturated carbocycles. The molecule has 2 atom stereocenters. The molecule has 0 aliphatic heterocycles. The smallest absolute Gasteiger partial charge is 0.224 e. The molecule has 1 aliphatic carbocycles. The fraction of sp³-hybridized carbons (Fsp3) is 0.588. The third-order valence-electron chi connectivity index (χ3n) is 4.07. The Morgan fingerprint density at radius 2 is 1.91 bits per heavy atom. The number of benzene rings is 1. The summed E-state index contributed by atoms with van der Waals surface area (Å²) in [4.78, 5) is 12.3. The molecule has 3 N–H and O–H groups in total. The van der Waals surface area contributed by atoms with Crippen LogP contribution in [-0.4, -0.2) is 25.2 Å². The van der Waals surface area contributed by atoms with Gasteiger partial charge in [0.25, 0.3) is 0 Å². The van der Waals surface area contributed by atoms with Crippen LogP contribution in [0.1, 0.15) is 39.5 Å². The first-order valence-electron chi connectivity index (χ1n) is 8.19. The van der Waals surface area contributed by atoms with Crippen LogP contribution in [0.4, 0.5) is 5.69 Å². The minimum Gasteiger partial charge on any atom is -0.490 e. The summed E-state index contributed by atoms with van der Waals surface area (Å²) in [5.74, 6) is 1.56. The Kier molecular flexibility index (Phi) is 6.72. The third-order valence-corrected chi connectivity index (χ3v) is 4.73. The molecule has 1 fully saturated rings. The lowest BCUT2D eigenvalue weighted by atomic mass is 10.00. The number of ether oxygens (including phenoxy) is 2. The zero-order valence-corrected chi connectivity index (χ0v) is 15.3. The Labute approximate surface area is 146 Å². The minimum atomic E-state index is -0.0142. The van der Waals surface area contributed by atoms with Crippen LogP contribution in [0.25, 0.3) is 0 Å². The Bertz CT molecular complexity index is 551. The van der Waals surface area contributed by atoms with E-state index in [-0.39, 0.29) is 17.9 Å². The van der Waals surface area contributed by atoms with Crippen LogP contribution in [-0.2, 0) is 4.79 Å². The topological polar surface area (TPSA) is 73.6 Å². The van der Waals surface area contributed by atoms with Gasteiger partial charge < -0.3 is 20.5 Å². The molecule has 23 heavy (non-hydrogen) atoms. The second kappa shape index (κ2) is 8.55. The first-order chi connectivity index (χ1) is 11.0. The van der Waals surface area contributed by atoms with Gasteiger partial charge in [0.05, 0.1) is 18.9 Å². The van der Waals surface area contributed by atoms with Gasteiger partial charge in [0.1, 0.15) is 0 Å². The van der Waals surface area contributed by atoms with E-state index in [1.54, 1.807) is 6.07 Å². The molecule has 0 spiro atoms. The number of nitrogens with one attached hydrogen (secondary N) is 1. The number of carbonyl (C=O) groups excluding carboxylic acids is 1. The van der Waals surface area contributed by atoms with Gasteiger partial charge in [-0.25, -0.2) is 0 Å². The molecule has 0 unspecified atom stereocenters. The van der Waals surface area contributed by atoms with Crippen LogP contribution < -0.4 is 20.5 Å². The lowest BCUT2D eigenvalue weighted by molar-refractivity contribution is -0.117. The van der Waals surface area contributed by atoms with Crippen LogP contribution in [0.5, 0.6) is 11.5 Å². The number of nitrogens with two attached hydrogens (primary N) is 1. The minimum absolute atomic E-state index is 0.0142.